The molecule has 0 spiro atoms. The molecule has 0 bridgehead atoms. The Labute approximate surface area is 828 Å². The number of furan rings is 4. The van der Waals surface area contributed by atoms with Crippen LogP contribution in [0.1, 0.15) is 137 Å². The molecular formula is C130H100N6O4. The highest BCUT2D eigenvalue weighted by Gasteiger charge is 2.54. The molecule has 25 aromatic rings. The van der Waals surface area contributed by atoms with E-state index in [-0.39, 0.29) is 75.8 Å². The second-order valence-corrected chi connectivity index (χ2v) is 40.6. The van der Waals surface area contributed by atoms with Gasteiger partial charge in [0.05, 0.1) is 44.6 Å². The fourth-order valence-corrected chi connectivity index (χ4v) is 23.5. The van der Waals surface area contributed by atoms with Crippen molar-refractivity contribution in [3.05, 3.63) is 451 Å². The first-order chi connectivity index (χ1) is 73.2. The predicted octanol–water partition coefficient (Wildman–Crippen LogP) is 36.9. The molecule has 0 saturated heterocycles. The zero-order chi connectivity index (χ0) is 105. The highest BCUT2D eigenvalue weighted by atomic mass is 16.3. The van der Waals surface area contributed by atoms with Crippen LogP contribution in [-0.2, 0) is 21.7 Å². The number of hydrogen-bond donors (Lipinski definition) is 0. The van der Waals surface area contributed by atoms with Crippen LogP contribution < -0.4 is 19.6 Å². The molecule has 3 aliphatic rings. The van der Waals surface area contributed by atoms with Crippen LogP contribution in [0.4, 0.5) is 68.2 Å². The molecule has 0 amide bonds. The third-order valence-electron chi connectivity index (χ3n) is 29.8. The number of benzene rings is 18. The molecule has 2 aliphatic carbocycles. The zero-order valence-corrected chi connectivity index (χ0v) is 78.8. The van der Waals surface area contributed by atoms with E-state index in [4.69, 9.17) is 34.1 Å². The van der Waals surface area contributed by atoms with Gasteiger partial charge >= 0.3 is 0 Å². The summed E-state index contributed by atoms with van der Waals surface area (Å²) in [5.41, 5.74) is 32.3. The summed E-state index contributed by atoms with van der Waals surface area (Å²) in [5, 5.41) is 10.7. The van der Waals surface area contributed by atoms with Gasteiger partial charge < -0.3 is 46.2 Å². The second kappa shape index (κ2) is 30.8. The minimum Gasteiger partial charge on any atom is -0.456 e. The van der Waals surface area contributed by atoms with Gasteiger partial charge in [-0.05, 0) is 230 Å². The SMILES string of the molecule is CC(C)(C)c1cccc2c1oc1ccc(N(c3ccc(-c4ccccc4)cc3)c3ccc4c(c3)C(C)(C)C3c5cccc6c7c8ccc(N(c9ccc(-c%10ccccc%10)cc9)c9ccc%10oc%11c(C(C)(C)C)cccc%11c%10c9)cc8oc7n(c56)C43)cc12.[2H]c1ccc(N(c2ccc3c(c2)C(C)(C)c2c-3n3c4c2cccc4c2oc4cc(N(c5ccc([2H])cc5)c5c([2H])c([2H])c([2H])c([2H])c5[2H])ccc4c23)c2c([2H])c([2H])c([2H])c([2H])c2[2H])cc1. The highest BCUT2D eigenvalue weighted by molar-refractivity contribution is 6.24. The van der Waals surface area contributed by atoms with Crippen LogP contribution in [0.2, 0.25) is 0 Å². The Balaban J connectivity index is 0.000000156. The molecule has 674 valence electrons. The van der Waals surface area contributed by atoms with Crippen molar-refractivity contribution in [1.29, 1.82) is 0 Å². The molecule has 28 rings (SSSR count). The van der Waals surface area contributed by atoms with E-state index in [1.165, 1.54) is 61.0 Å². The fraction of sp³-hybridized carbons (Fsp3) is 0.123. The lowest BCUT2D eigenvalue weighted by Crippen LogP contribution is -2.23. The van der Waals surface area contributed by atoms with Crippen molar-refractivity contribution < 1.29 is 34.1 Å². The smallest absolute Gasteiger partial charge is 0.209 e. The molecule has 10 nitrogen and oxygen atoms in total. The molecule has 0 fully saturated rings. The maximum Gasteiger partial charge on any atom is 0.209 e. The monoisotopic (exact) mass is 1820 g/mol. The number of hydrogen-bond acceptors (Lipinski definition) is 8. The van der Waals surface area contributed by atoms with Gasteiger partial charge in [0.15, 0.2) is 5.58 Å². The first kappa shape index (κ1) is 70.8. The quantitative estimate of drug-likeness (QED) is 0.107. The molecule has 2 atom stereocenters. The summed E-state index contributed by atoms with van der Waals surface area (Å²) in [7, 11) is 0. The molecule has 0 saturated carbocycles. The van der Waals surface area contributed by atoms with E-state index >= 15 is 0 Å². The maximum absolute atomic E-state index is 8.95. The van der Waals surface area contributed by atoms with Crippen molar-refractivity contribution in [2.24, 2.45) is 0 Å². The average molecular weight is 1820 g/mol. The van der Waals surface area contributed by atoms with Gasteiger partial charge in [-0.1, -0.05) is 306 Å². The average Bonchev–Trinajstić information content (AvgIpc) is 1.50. The molecule has 18 aromatic carbocycles. The summed E-state index contributed by atoms with van der Waals surface area (Å²) >= 11 is 0. The Morgan fingerprint density at radius 1 is 0.293 bits per heavy atom. The van der Waals surface area contributed by atoms with E-state index in [0.717, 1.165) is 150 Å². The van der Waals surface area contributed by atoms with Gasteiger partial charge in [0, 0.05) is 157 Å². The van der Waals surface area contributed by atoms with E-state index in [1.54, 1.807) is 64.4 Å². The van der Waals surface area contributed by atoms with E-state index in [9.17, 15) is 0 Å². The summed E-state index contributed by atoms with van der Waals surface area (Å²) in [6, 6.07) is 114. The van der Waals surface area contributed by atoms with Crippen molar-refractivity contribution in [3.63, 3.8) is 0 Å². The Morgan fingerprint density at radius 3 is 1.27 bits per heavy atom. The van der Waals surface area contributed by atoms with Crippen LogP contribution in [0, 0.1) is 0 Å². The Hall–Kier alpha value is -16.8. The van der Waals surface area contributed by atoms with Gasteiger partial charge in [0.1, 0.15) is 39.0 Å². The number of anilines is 12. The molecule has 0 radical (unpaired) electrons. The first-order valence-electron chi connectivity index (χ1n) is 53.9. The molecule has 7 aromatic heterocycles. The minimum absolute atomic E-state index is 0.00747. The maximum atomic E-state index is 8.95. The second-order valence-electron chi connectivity index (χ2n) is 40.6. The normalized spacial score (nSPS) is 15.8. The Bertz CT molecular complexity index is 10000. The number of para-hydroxylation sites is 8. The number of aromatic nitrogens is 2. The summed E-state index contributed by atoms with van der Waals surface area (Å²) in [6.45, 7) is 22.7. The van der Waals surface area contributed by atoms with Crippen molar-refractivity contribution in [2.75, 3.05) is 19.6 Å². The lowest BCUT2D eigenvalue weighted by atomic mass is 9.74. The van der Waals surface area contributed by atoms with E-state index < -0.39 is 41.7 Å². The van der Waals surface area contributed by atoms with E-state index in [2.05, 4.69) is 331 Å². The van der Waals surface area contributed by atoms with Crippen molar-refractivity contribution in [1.82, 2.24) is 8.97 Å². The minimum atomic E-state index is -0.581. The van der Waals surface area contributed by atoms with Crippen LogP contribution in [-0.4, -0.2) is 8.97 Å². The van der Waals surface area contributed by atoms with Gasteiger partial charge in [0.25, 0.3) is 0 Å². The van der Waals surface area contributed by atoms with Crippen LogP contribution in [0.3, 0.4) is 0 Å². The molecule has 1 aliphatic heterocycles. The standard InChI is InChI=1S/C81H65N3O3.C49H35N3O/c1-79(2,3)66-26-16-22-58-64-44-54(38-42-69(64)85-76(58)66)82(52-32-28-50(29-33-52)48-18-11-9-12-19-48)56-36-40-60-68(46-56)81(7,8)73-63-25-15-24-62-72-61-41-37-57(47-71(61)87-78(72)84(74(62)63)75(60)73)83(53-34-30-51(31-35-53)49-20-13-10-14-21-49)55-39-43-70-65(45-55)59-23-17-27-67(77(59)86-70)80(4,5)6;1-49(2)42-30-36(50(32-16-7-3-8-17-32)33-18-9-4-10-19-33)26-28-38(42)46-44(49)40-24-15-25-41-45(40)52(46)47-39-29-27-37(31-43(39)53-48(41)47)51(34-20-11-5-12-21-34)35-22-13-6-14-23-35/h9-47,73,75H,1-8H3;3-31H,1-2H3/i;3D,4D,5D,6D,7D,8D,11D,12D,16D,17D,20D,21D. The van der Waals surface area contributed by atoms with Crippen molar-refractivity contribution >= 4 is 183 Å². The largest absolute Gasteiger partial charge is 0.456 e. The van der Waals surface area contributed by atoms with Crippen LogP contribution in [0.5, 0.6) is 0 Å². The van der Waals surface area contributed by atoms with Crippen LogP contribution in [0.15, 0.2) is 430 Å². The number of nitrogens with zero attached hydrogens (tertiary/aromatic N) is 6. The number of fused-ring (bicyclic) bond motifs is 26. The Morgan fingerprint density at radius 2 is 0.721 bits per heavy atom. The third kappa shape index (κ3) is 12.6. The summed E-state index contributed by atoms with van der Waals surface area (Å²) in [4.78, 5) is 8.05. The van der Waals surface area contributed by atoms with E-state index in [1.807, 2.05) is 42.5 Å². The third-order valence-corrected chi connectivity index (χ3v) is 29.8. The van der Waals surface area contributed by atoms with Gasteiger partial charge in [-0.15, -0.1) is 0 Å². The summed E-state index contributed by atoms with van der Waals surface area (Å²) < 4.78 is 135. The zero-order valence-electron chi connectivity index (χ0n) is 90.8. The summed E-state index contributed by atoms with van der Waals surface area (Å²) in [6.07, 6.45) is 0. The van der Waals surface area contributed by atoms with Gasteiger partial charge in [-0.3, -0.25) is 0 Å². The lowest BCUT2D eigenvalue weighted by molar-refractivity contribution is 0.395. The van der Waals surface area contributed by atoms with Gasteiger partial charge in [-0.2, -0.15) is 0 Å². The Kier molecular flexibility index (Phi) is 15.6. The predicted molar refractivity (Wildman–Crippen MR) is 582 cm³/mol. The van der Waals surface area contributed by atoms with Gasteiger partial charge in [-0.25, -0.2) is 0 Å². The van der Waals surface area contributed by atoms with Crippen LogP contribution in [0.25, 0.3) is 149 Å². The van der Waals surface area contributed by atoms with Gasteiger partial charge in [0.2, 0.25) is 5.71 Å². The number of rotatable bonds is 14. The highest BCUT2D eigenvalue weighted by Crippen LogP contribution is 2.65. The van der Waals surface area contributed by atoms with Crippen LogP contribution >= 0.6 is 0 Å². The van der Waals surface area contributed by atoms with Crippen molar-refractivity contribution in [3.8, 4) is 33.5 Å². The fourth-order valence-electron chi connectivity index (χ4n) is 23.5. The topological polar surface area (TPSA) is 74.9 Å². The van der Waals surface area contributed by atoms with E-state index in [0.29, 0.717) is 33.9 Å². The molecule has 2 unspecified atom stereocenters. The first-order valence-corrected chi connectivity index (χ1v) is 47.9. The lowest BCUT2D eigenvalue weighted by Gasteiger charge is -2.30. The molecule has 10 heteroatoms. The summed E-state index contributed by atoms with van der Waals surface area (Å²) in [5.74, 6) is 0.182. The molecular weight excluding hydrogens is 1710 g/mol. The molecule has 0 N–H and O–H groups in total. The van der Waals surface area contributed by atoms with Crippen molar-refractivity contribution in [2.45, 2.75) is 103 Å². The molecule has 140 heavy (non-hydrogen) atoms. The molecule has 8 heterocycles.